The zero-order valence-electron chi connectivity index (χ0n) is 30.1. The van der Waals surface area contributed by atoms with Gasteiger partial charge in [-0.05, 0) is 147 Å². The fourth-order valence-electron chi connectivity index (χ4n) is 12.8. The lowest BCUT2D eigenvalue weighted by Gasteiger charge is -2.61. The minimum atomic E-state index is -0.0803. The van der Waals surface area contributed by atoms with E-state index in [4.69, 9.17) is 0 Å². The first-order chi connectivity index (χ1) is 25.5. The molecule has 1 heteroatoms. The van der Waals surface area contributed by atoms with E-state index in [1.54, 1.807) is 11.1 Å². The molecule has 6 aliphatic carbocycles. The average Bonchev–Trinajstić information content (AvgIpc) is 3.59. The maximum atomic E-state index is 2.66. The van der Waals surface area contributed by atoms with Gasteiger partial charge in [-0.2, -0.15) is 0 Å². The summed E-state index contributed by atoms with van der Waals surface area (Å²) >= 11 is 0. The molecule has 0 radical (unpaired) electrons. The van der Waals surface area contributed by atoms with Crippen LogP contribution in [0.25, 0.3) is 43.8 Å². The lowest BCUT2D eigenvalue weighted by Crippen LogP contribution is -2.55. The molecule has 0 amide bonds. The Morgan fingerprint density at radius 1 is 0.442 bits per heavy atom. The van der Waals surface area contributed by atoms with Crippen molar-refractivity contribution in [2.45, 2.75) is 56.8 Å². The van der Waals surface area contributed by atoms with Gasteiger partial charge < -0.3 is 4.90 Å². The summed E-state index contributed by atoms with van der Waals surface area (Å²) in [6.07, 6.45) is 7.04. The molecule has 4 fully saturated rings. The van der Waals surface area contributed by atoms with Crippen LogP contribution in [0, 0.1) is 23.7 Å². The summed E-state index contributed by atoms with van der Waals surface area (Å²) in [6.45, 7) is 4.81. The number of hydrogen-bond acceptors (Lipinski definition) is 1. The van der Waals surface area contributed by atoms with E-state index in [1.807, 2.05) is 0 Å². The molecule has 52 heavy (non-hydrogen) atoms. The summed E-state index contributed by atoms with van der Waals surface area (Å²) in [4.78, 5) is 2.61. The lowest BCUT2D eigenvalue weighted by molar-refractivity contribution is -0.0399. The minimum Gasteiger partial charge on any atom is -0.310 e. The van der Waals surface area contributed by atoms with Crippen LogP contribution in [-0.2, 0) is 10.8 Å². The summed E-state index contributed by atoms with van der Waals surface area (Å²) in [5.41, 5.74) is 15.5. The van der Waals surface area contributed by atoms with Crippen LogP contribution in [-0.4, -0.2) is 0 Å². The zero-order valence-corrected chi connectivity index (χ0v) is 30.1. The van der Waals surface area contributed by atoms with Crippen LogP contribution in [0.3, 0.4) is 0 Å². The molecular formula is C51H43N. The highest BCUT2D eigenvalue weighted by Crippen LogP contribution is 2.69. The summed E-state index contributed by atoms with van der Waals surface area (Å²) in [6, 6.07) is 53.8. The fraction of sp³-hybridized carbons (Fsp3) is 0.255. The standard InChI is InChI=1S/C51H43N/c1-50(2)45-17-9-7-14-40(45)42-21-19-36(29-47(42)50)52(49-28-33-11-3-4-12-38(33)39-13-5-6-16-44(39)49)37-20-22-43-41-15-8-10-18-46(41)51(48(43)30-37)34-24-31-23-32(26-34)27-35(51)25-31/h3-22,28-32,34-35H,23-27H2,1-2H3. The van der Waals surface area contributed by atoms with Crippen LogP contribution in [0.5, 0.6) is 0 Å². The third-order valence-electron chi connectivity index (χ3n) is 14.6. The SMILES string of the molecule is CC1(C)c2ccccc2-c2ccc(N(c3ccc4c(c3)C3(c5ccccc5-4)C4CC5CC(C4)CC3C5)c3cc4ccccc4c4ccccc34)cc21. The van der Waals surface area contributed by atoms with Crippen LogP contribution in [0.2, 0.25) is 0 Å². The van der Waals surface area contributed by atoms with Gasteiger partial charge in [-0.15, -0.1) is 0 Å². The molecule has 7 aromatic rings. The largest absolute Gasteiger partial charge is 0.310 e. The molecule has 1 spiro atoms. The van der Waals surface area contributed by atoms with Gasteiger partial charge in [0, 0.05) is 27.6 Å². The first-order valence-electron chi connectivity index (χ1n) is 19.7. The van der Waals surface area contributed by atoms with Crippen molar-refractivity contribution in [1.82, 2.24) is 0 Å². The Morgan fingerprint density at radius 3 is 1.67 bits per heavy atom. The molecule has 252 valence electrons. The molecule has 0 heterocycles. The van der Waals surface area contributed by atoms with Gasteiger partial charge in [0.1, 0.15) is 0 Å². The Labute approximate surface area is 306 Å². The van der Waals surface area contributed by atoms with E-state index >= 15 is 0 Å². The molecule has 0 atom stereocenters. The topological polar surface area (TPSA) is 3.24 Å². The van der Waals surface area contributed by atoms with E-state index in [9.17, 15) is 0 Å². The van der Waals surface area contributed by atoms with Gasteiger partial charge in [-0.25, -0.2) is 0 Å². The van der Waals surface area contributed by atoms with Gasteiger partial charge in [-0.3, -0.25) is 0 Å². The average molecular weight is 670 g/mol. The van der Waals surface area contributed by atoms with E-state index in [1.165, 1.54) is 104 Å². The maximum Gasteiger partial charge on any atom is 0.0546 e. The Hall–Kier alpha value is -5.14. The van der Waals surface area contributed by atoms with E-state index < -0.39 is 0 Å². The lowest BCUT2D eigenvalue weighted by atomic mass is 9.43. The summed E-state index contributed by atoms with van der Waals surface area (Å²) in [7, 11) is 0. The van der Waals surface area contributed by atoms with Crippen LogP contribution in [0.15, 0.2) is 140 Å². The molecule has 4 saturated carbocycles. The van der Waals surface area contributed by atoms with Crippen molar-refractivity contribution in [2.24, 2.45) is 23.7 Å². The smallest absolute Gasteiger partial charge is 0.0546 e. The van der Waals surface area contributed by atoms with Crippen LogP contribution < -0.4 is 4.90 Å². The van der Waals surface area contributed by atoms with Crippen molar-refractivity contribution < 1.29 is 0 Å². The first-order valence-corrected chi connectivity index (χ1v) is 19.7. The Bertz CT molecular complexity index is 2610. The van der Waals surface area contributed by atoms with Crippen LogP contribution >= 0.6 is 0 Å². The summed E-state index contributed by atoms with van der Waals surface area (Å²) in [5.74, 6) is 3.31. The predicted molar refractivity (Wildman–Crippen MR) is 217 cm³/mol. The fourth-order valence-corrected chi connectivity index (χ4v) is 12.8. The predicted octanol–water partition coefficient (Wildman–Crippen LogP) is 13.5. The Balaban J connectivity index is 1.13. The van der Waals surface area contributed by atoms with Gasteiger partial charge in [-0.1, -0.05) is 123 Å². The molecule has 7 aromatic carbocycles. The van der Waals surface area contributed by atoms with Crippen LogP contribution in [0.1, 0.15) is 68.2 Å². The number of nitrogens with zero attached hydrogens (tertiary/aromatic N) is 1. The number of rotatable bonds is 3. The Kier molecular flexibility index (Phi) is 5.81. The van der Waals surface area contributed by atoms with Crippen molar-refractivity contribution in [1.29, 1.82) is 0 Å². The van der Waals surface area contributed by atoms with Crippen molar-refractivity contribution in [3.8, 4) is 22.3 Å². The molecule has 0 saturated heterocycles. The second-order valence-corrected chi connectivity index (χ2v) is 17.3. The quantitative estimate of drug-likeness (QED) is 0.169. The minimum absolute atomic E-state index is 0.0803. The van der Waals surface area contributed by atoms with Crippen LogP contribution in [0.4, 0.5) is 17.1 Å². The first kappa shape index (κ1) is 29.4. The highest BCUT2D eigenvalue weighted by Gasteiger charge is 2.61. The highest BCUT2D eigenvalue weighted by molar-refractivity contribution is 6.14. The van der Waals surface area contributed by atoms with Crippen molar-refractivity contribution in [2.75, 3.05) is 4.90 Å². The van der Waals surface area contributed by atoms with E-state index in [2.05, 4.69) is 158 Å². The molecule has 0 N–H and O–H groups in total. The molecule has 13 rings (SSSR count). The van der Waals surface area contributed by atoms with Gasteiger partial charge in [0.25, 0.3) is 0 Å². The molecule has 6 aliphatic rings. The van der Waals surface area contributed by atoms with Gasteiger partial charge >= 0.3 is 0 Å². The molecule has 4 bridgehead atoms. The number of fused-ring (bicyclic) bond motifs is 9. The third-order valence-corrected chi connectivity index (χ3v) is 14.6. The Morgan fingerprint density at radius 2 is 0.962 bits per heavy atom. The second-order valence-electron chi connectivity index (χ2n) is 17.3. The summed E-state index contributed by atoms with van der Waals surface area (Å²) < 4.78 is 0. The van der Waals surface area contributed by atoms with E-state index in [0.717, 1.165) is 23.7 Å². The van der Waals surface area contributed by atoms with E-state index in [-0.39, 0.29) is 10.8 Å². The number of anilines is 3. The van der Waals surface area contributed by atoms with Gasteiger partial charge in [0.2, 0.25) is 0 Å². The number of benzene rings is 7. The van der Waals surface area contributed by atoms with Crippen molar-refractivity contribution >= 4 is 38.6 Å². The third kappa shape index (κ3) is 3.69. The molecule has 0 aliphatic heterocycles. The second kappa shape index (κ2) is 10.3. The van der Waals surface area contributed by atoms with Gasteiger partial charge in [0.15, 0.2) is 0 Å². The zero-order chi connectivity index (χ0) is 34.3. The van der Waals surface area contributed by atoms with E-state index in [0.29, 0.717) is 0 Å². The normalized spacial score (nSPS) is 25.3. The maximum absolute atomic E-state index is 2.66. The number of hydrogen-bond donors (Lipinski definition) is 0. The van der Waals surface area contributed by atoms with Gasteiger partial charge in [0.05, 0.1) is 5.69 Å². The highest BCUT2D eigenvalue weighted by atomic mass is 15.1. The monoisotopic (exact) mass is 669 g/mol. The molecule has 1 nitrogen and oxygen atoms in total. The molecule has 0 unspecified atom stereocenters. The molecule has 0 aromatic heterocycles. The van der Waals surface area contributed by atoms with Crippen molar-refractivity contribution in [3.63, 3.8) is 0 Å². The van der Waals surface area contributed by atoms with Crippen molar-refractivity contribution in [3.05, 3.63) is 162 Å². The molecular weight excluding hydrogens is 627 g/mol. The summed E-state index contributed by atoms with van der Waals surface area (Å²) in [5, 5.41) is 5.18.